The number of aliphatic hydroxyl groups excluding tert-OH is 1. The lowest BCUT2D eigenvalue weighted by Crippen LogP contribution is -2.54. The Hall–Kier alpha value is -4.19. The summed E-state index contributed by atoms with van der Waals surface area (Å²) < 4.78 is 10.7. The van der Waals surface area contributed by atoms with E-state index in [0.717, 1.165) is 0 Å². The van der Waals surface area contributed by atoms with Crippen LogP contribution in [-0.4, -0.2) is 59.3 Å². The molecule has 0 radical (unpaired) electrons. The molecule has 0 fully saturated rings. The minimum Gasteiger partial charge on any atom is -0.454 e. The molecule has 43 heavy (non-hydrogen) atoms. The molecule has 2 aromatic carbocycles. The van der Waals surface area contributed by atoms with E-state index in [9.17, 15) is 29.6 Å². The molecule has 0 aliphatic carbocycles. The predicted octanol–water partition coefficient (Wildman–Crippen LogP) is 3.35. The molecule has 3 rings (SSSR count). The maximum absolute atomic E-state index is 13.7. The van der Waals surface area contributed by atoms with Gasteiger partial charge in [-0.1, -0.05) is 46.8 Å². The largest absolute Gasteiger partial charge is 0.454 e. The van der Waals surface area contributed by atoms with Crippen LogP contribution in [0.1, 0.15) is 63.4 Å². The van der Waals surface area contributed by atoms with Gasteiger partial charge in [0.1, 0.15) is 6.04 Å². The van der Waals surface area contributed by atoms with Crippen molar-refractivity contribution in [3.63, 3.8) is 0 Å². The highest BCUT2D eigenvalue weighted by Gasteiger charge is 2.30. The quantitative estimate of drug-likeness (QED) is 0.179. The van der Waals surface area contributed by atoms with Gasteiger partial charge in [-0.15, -0.1) is 0 Å². The zero-order chi connectivity index (χ0) is 31.7. The van der Waals surface area contributed by atoms with Crippen LogP contribution in [0.15, 0.2) is 42.5 Å². The first-order chi connectivity index (χ1) is 20.3. The van der Waals surface area contributed by atoms with E-state index in [2.05, 4.69) is 16.0 Å². The van der Waals surface area contributed by atoms with Crippen molar-refractivity contribution in [3.05, 3.63) is 63.7 Å². The van der Waals surface area contributed by atoms with E-state index in [1.165, 1.54) is 30.3 Å². The SMILES string of the molecule is CC(C)CNC(=O)[C@H](C)C[C@H](O)[C@H](CC(C)C)NC(=O)[C@H](Cc1ccc([N+](=O)[O-])cc1)NC(=O)c1ccc2c(c1)OCO2. The summed E-state index contributed by atoms with van der Waals surface area (Å²) in [6, 6.07) is 8.66. The number of carbonyl (C=O) groups is 3. The van der Waals surface area contributed by atoms with Crippen molar-refractivity contribution < 1.29 is 33.9 Å². The molecular formula is C31H42N4O8. The summed E-state index contributed by atoms with van der Waals surface area (Å²) in [4.78, 5) is 50.1. The van der Waals surface area contributed by atoms with E-state index < -0.39 is 40.8 Å². The molecule has 0 aromatic heterocycles. The highest BCUT2D eigenvalue weighted by atomic mass is 16.7. The van der Waals surface area contributed by atoms with Crippen molar-refractivity contribution in [1.29, 1.82) is 0 Å². The summed E-state index contributed by atoms with van der Waals surface area (Å²) in [7, 11) is 0. The minimum absolute atomic E-state index is 0.0403. The summed E-state index contributed by atoms with van der Waals surface area (Å²) in [6.07, 6.45) is -0.402. The summed E-state index contributed by atoms with van der Waals surface area (Å²) >= 11 is 0. The van der Waals surface area contributed by atoms with Gasteiger partial charge in [-0.05, 0) is 48.4 Å². The lowest BCUT2D eigenvalue weighted by atomic mass is 9.92. The second-order valence-corrected chi connectivity index (χ2v) is 11.8. The number of nitrogens with one attached hydrogen (secondary N) is 3. The number of fused-ring (bicyclic) bond motifs is 1. The van der Waals surface area contributed by atoms with E-state index in [1.807, 2.05) is 27.7 Å². The lowest BCUT2D eigenvalue weighted by Gasteiger charge is -2.29. The fourth-order valence-corrected chi connectivity index (χ4v) is 4.69. The number of amides is 3. The van der Waals surface area contributed by atoms with Crippen molar-refractivity contribution in [3.8, 4) is 11.5 Å². The molecule has 4 N–H and O–H groups in total. The van der Waals surface area contributed by atoms with Crippen molar-refractivity contribution in [1.82, 2.24) is 16.0 Å². The standard InChI is InChI=1S/C31H42N4O8/c1-18(2)12-24(26(36)13-20(5)29(37)32-16-19(3)4)33-31(39)25(14-21-6-9-23(10-7-21)35(40)41)34-30(38)22-8-11-27-28(15-22)43-17-42-27/h6-11,15,18-20,24-26,36H,12-14,16-17H2,1-5H3,(H,32,37)(H,33,39)(H,34,38)/t20-,24+,25+,26+/m1/s1. The fourth-order valence-electron chi connectivity index (χ4n) is 4.69. The zero-order valence-electron chi connectivity index (χ0n) is 25.3. The van der Waals surface area contributed by atoms with E-state index in [4.69, 9.17) is 9.47 Å². The topological polar surface area (TPSA) is 169 Å². The van der Waals surface area contributed by atoms with Crippen LogP contribution < -0.4 is 25.4 Å². The molecule has 0 saturated carbocycles. The Morgan fingerprint density at radius 2 is 1.58 bits per heavy atom. The minimum atomic E-state index is -1.08. The Morgan fingerprint density at radius 3 is 2.21 bits per heavy atom. The molecule has 1 aliphatic heterocycles. The molecule has 0 unspecified atom stereocenters. The number of ether oxygens (including phenoxy) is 2. The monoisotopic (exact) mass is 598 g/mol. The van der Waals surface area contributed by atoms with Gasteiger partial charge in [0.25, 0.3) is 11.6 Å². The number of hydrogen-bond acceptors (Lipinski definition) is 8. The number of benzene rings is 2. The van der Waals surface area contributed by atoms with Gasteiger partial charge in [0.05, 0.1) is 17.1 Å². The summed E-state index contributed by atoms with van der Waals surface area (Å²) in [5, 5.41) is 30.8. The Morgan fingerprint density at radius 1 is 0.907 bits per heavy atom. The number of carbonyl (C=O) groups excluding carboxylic acids is 3. The van der Waals surface area contributed by atoms with Gasteiger partial charge in [0, 0.05) is 36.6 Å². The third-order valence-electron chi connectivity index (χ3n) is 7.09. The van der Waals surface area contributed by atoms with Crippen LogP contribution in [0.3, 0.4) is 0 Å². The molecule has 4 atom stereocenters. The van der Waals surface area contributed by atoms with Crippen molar-refractivity contribution in [2.45, 2.75) is 72.1 Å². The highest BCUT2D eigenvalue weighted by Crippen LogP contribution is 2.32. The van der Waals surface area contributed by atoms with Crippen LogP contribution in [-0.2, 0) is 16.0 Å². The first-order valence-electron chi connectivity index (χ1n) is 14.5. The predicted molar refractivity (Wildman–Crippen MR) is 160 cm³/mol. The van der Waals surface area contributed by atoms with E-state index >= 15 is 0 Å². The third kappa shape index (κ3) is 9.95. The van der Waals surface area contributed by atoms with Gasteiger partial charge >= 0.3 is 0 Å². The lowest BCUT2D eigenvalue weighted by molar-refractivity contribution is -0.384. The number of nitrogens with zero attached hydrogens (tertiary/aromatic N) is 1. The molecule has 234 valence electrons. The first-order valence-corrected chi connectivity index (χ1v) is 14.5. The van der Waals surface area contributed by atoms with Gasteiger partial charge < -0.3 is 30.5 Å². The molecule has 0 bridgehead atoms. The van der Waals surface area contributed by atoms with Crippen LogP contribution in [0.5, 0.6) is 11.5 Å². The van der Waals surface area contributed by atoms with Crippen molar-refractivity contribution in [2.75, 3.05) is 13.3 Å². The zero-order valence-corrected chi connectivity index (χ0v) is 25.3. The van der Waals surface area contributed by atoms with E-state index in [0.29, 0.717) is 30.0 Å². The maximum Gasteiger partial charge on any atom is 0.269 e. The number of rotatable bonds is 15. The van der Waals surface area contributed by atoms with Crippen LogP contribution in [0.4, 0.5) is 5.69 Å². The van der Waals surface area contributed by atoms with Crippen LogP contribution in [0.25, 0.3) is 0 Å². The molecule has 12 nitrogen and oxygen atoms in total. The summed E-state index contributed by atoms with van der Waals surface area (Å²) in [5.41, 5.74) is 0.750. The number of hydrogen-bond donors (Lipinski definition) is 4. The van der Waals surface area contributed by atoms with Crippen molar-refractivity contribution >= 4 is 23.4 Å². The molecule has 1 aliphatic rings. The molecule has 1 heterocycles. The maximum atomic E-state index is 13.7. The number of aliphatic hydroxyl groups is 1. The normalized spacial score (nSPS) is 15.0. The van der Waals surface area contributed by atoms with E-state index in [1.54, 1.807) is 19.1 Å². The highest BCUT2D eigenvalue weighted by molar-refractivity contribution is 5.98. The molecule has 2 aromatic rings. The van der Waals surface area contributed by atoms with Gasteiger partial charge in [0.2, 0.25) is 18.6 Å². The Kier molecular flexibility index (Phi) is 11.9. The number of non-ortho nitro benzene ring substituents is 1. The van der Waals surface area contributed by atoms with Crippen LogP contribution in [0.2, 0.25) is 0 Å². The first kappa shape index (κ1) is 33.3. The Balaban J connectivity index is 1.79. The number of nitro benzene ring substituents is 1. The second-order valence-electron chi connectivity index (χ2n) is 11.8. The Bertz CT molecular complexity index is 1280. The fraction of sp³-hybridized carbons (Fsp3) is 0.516. The molecule has 0 saturated heterocycles. The van der Waals surface area contributed by atoms with Crippen molar-refractivity contribution in [2.24, 2.45) is 17.8 Å². The summed E-state index contributed by atoms with van der Waals surface area (Å²) in [5.74, 6) is -0.400. The smallest absolute Gasteiger partial charge is 0.269 e. The van der Waals surface area contributed by atoms with Crippen LogP contribution in [0, 0.1) is 27.9 Å². The average Bonchev–Trinajstić information content (AvgIpc) is 3.43. The van der Waals surface area contributed by atoms with Crippen LogP contribution >= 0.6 is 0 Å². The van der Waals surface area contributed by atoms with Gasteiger partial charge in [-0.25, -0.2) is 0 Å². The molecule has 0 spiro atoms. The summed E-state index contributed by atoms with van der Waals surface area (Å²) in [6.45, 7) is 10.2. The average molecular weight is 599 g/mol. The molecular weight excluding hydrogens is 556 g/mol. The van der Waals surface area contributed by atoms with Gasteiger partial charge in [-0.2, -0.15) is 0 Å². The Labute approximate surface area is 251 Å². The third-order valence-corrected chi connectivity index (χ3v) is 7.09. The van der Waals surface area contributed by atoms with Gasteiger partial charge in [0.15, 0.2) is 11.5 Å². The molecule has 12 heteroatoms. The number of nitro groups is 1. The second kappa shape index (κ2) is 15.3. The molecule has 3 amide bonds. The van der Waals surface area contributed by atoms with E-state index in [-0.39, 0.29) is 48.6 Å². The van der Waals surface area contributed by atoms with Gasteiger partial charge in [-0.3, -0.25) is 24.5 Å².